The highest BCUT2D eigenvalue weighted by atomic mass is 32.2. The predicted molar refractivity (Wildman–Crippen MR) is 78.5 cm³/mol. The average molecular weight is 317 g/mol. The second-order valence-corrected chi connectivity index (χ2v) is 6.90. The van der Waals surface area contributed by atoms with E-state index >= 15 is 0 Å². The van der Waals surface area contributed by atoms with Gasteiger partial charge in [0.25, 0.3) is 10.0 Å². The number of hydrogen-bond acceptors (Lipinski definition) is 6. The molecule has 1 aromatic heterocycles. The Balaban J connectivity index is 1.89. The van der Waals surface area contributed by atoms with Gasteiger partial charge in [0.2, 0.25) is 5.09 Å². The van der Waals surface area contributed by atoms with E-state index in [0.717, 1.165) is 19.5 Å². The van der Waals surface area contributed by atoms with Gasteiger partial charge in [0.1, 0.15) is 5.76 Å². The van der Waals surface area contributed by atoms with Crippen molar-refractivity contribution in [3.05, 3.63) is 17.9 Å². The van der Waals surface area contributed by atoms with E-state index in [1.54, 1.807) is 13.2 Å². The van der Waals surface area contributed by atoms with E-state index in [1.165, 1.54) is 6.07 Å². The third kappa shape index (κ3) is 4.79. The second kappa shape index (κ2) is 7.37. The third-order valence-corrected chi connectivity index (χ3v) is 4.79. The maximum absolute atomic E-state index is 12.2. The van der Waals surface area contributed by atoms with Crippen LogP contribution in [0.15, 0.2) is 21.6 Å². The number of rotatable bonds is 8. The molecule has 2 rings (SSSR count). The molecule has 0 radical (unpaired) electrons. The van der Waals surface area contributed by atoms with Crippen LogP contribution in [0.5, 0.6) is 0 Å². The summed E-state index contributed by atoms with van der Waals surface area (Å²) in [6.45, 7) is 3.39. The molecule has 1 atom stereocenters. The molecule has 2 heterocycles. The first-order valence-electron chi connectivity index (χ1n) is 7.00. The lowest BCUT2D eigenvalue weighted by molar-refractivity contribution is 0.198. The molecule has 0 bridgehead atoms. The van der Waals surface area contributed by atoms with E-state index in [1.807, 2.05) is 7.05 Å². The summed E-state index contributed by atoms with van der Waals surface area (Å²) < 4.78 is 37.4. The number of furan rings is 1. The highest BCUT2D eigenvalue weighted by molar-refractivity contribution is 7.89. The van der Waals surface area contributed by atoms with Crippen molar-refractivity contribution in [1.29, 1.82) is 0 Å². The molecule has 21 heavy (non-hydrogen) atoms. The van der Waals surface area contributed by atoms with Crippen LogP contribution in [0.25, 0.3) is 0 Å². The molecule has 0 amide bonds. The predicted octanol–water partition coefficient (Wildman–Crippen LogP) is -0.00200. The first-order valence-corrected chi connectivity index (χ1v) is 8.49. The van der Waals surface area contributed by atoms with E-state index in [0.29, 0.717) is 25.5 Å². The molecule has 0 aromatic carbocycles. The summed E-state index contributed by atoms with van der Waals surface area (Å²) in [5.41, 5.74) is 0. The molecular formula is C13H23N3O4S. The molecule has 0 saturated carbocycles. The zero-order valence-electron chi connectivity index (χ0n) is 12.5. The Labute approximate surface area is 125 Å². The summed E-state index contributed by atoms with van der Waals surface area (Å²) >= 11 is 0. The standard InChI is InChI=1S/C13H23N3O4S/c1-16-7-5-11(10-16)15-21(17,18)13-4-3-12(20-13)9-14-6-8-19-2/h3-4,11,14-15H,5-10H2,1-2H3. The topological polar surface area (TPSA) is 83.8 Å². The van der Waals surface area contributed by atoms with Gasteiger partial charge in [0.15, 0.2) is 0 Å². The van der Waals surface area contributed by atoms with Crippen LogP contribution in [0.1, 0.15) is 12.2 Å². The Morgan fingerprint density at radius 1 is 1.48 bits per heavy atom. The fourth-order valence-electron chi connectivity index (χ4n) is 2.29. The Hall–Kier alpha value is -0.930. The fourth-order valence-corrected chi connectivity index (χ4v) is 3.50. The van der Waals surface area contributed by atoms with Crippen LogP contribution >= 0.6 is 0 Å². The van der Waals surface area contributed by atoms with Gasteiger partial charge in [0.05, 0.1) is 13.2 Å². The molecular weight excluding hydrogens is 294 g/mol. The van der Waals surface area contributed by atoms with Gasteiger partial charge in [-0.2, -0.15) is 0 Å². The maximum Gasteiger partial charge on any atom is 0.274 e. The van der Waals surface area contributed by atoms with Crippen LogP contribution in [-0.2, 0) is 21.3 Å². The summed E-state index contributed by atoms with van der Waals surface area (Å²) in [6.07, 6.45) is 0.821. The van der Waals surface area contributed by atoms with Crippen molar-refractivity contribution in [2.24, 2.45) is 0 Å². The van der Waals surface area contributed by atoms with Crippen molar-refractivity contribution in [1.82, 2.24) is 14.9 Å². The largest absolute Gasteiger partial charge is 0.447 e. The zero-order chi connectivity index (χ0) is 15.3. The van der Waals surface area contributed by atoms with Crippen LogP contribution in [0.4, 0.5) is 0 Å². The molecule has 8 heteroatoms. The minimum absolute atomic E-state index is 0.0272. The van der Waals surface area contributed by atoms with Crippen LogP contribution in [-0.4, -0.2) is 59.8 Å². The Kier molecular flexibility index (Phi) is 5.77. The first kappa shape index (κ1) is 16.4. The van der Waals surface area contributed by atoms with Gasteiger partial charge in [0, 0.05) is 26.2 Å². The molecule has 1 aliphatic heterocycles. The number of ether oxygens (including phenoxy) is 1. The monoisotopic (exact) mass is 317 g/mol. The van der Waals surface area contributed by atoms with Crippen molar-refractivity contribution in [2.75, 3.05) is 40.4 Å². The fraction of sp³-hybridized carbons (Fsp3) is 0.692. The number of nitrogens with one attached hydrogen (secondary N) is 2. The zero-order valence-corrected chi connectivity index (χ0v) is 13.3. The van der Waals surface area contributed by atoms with E-state index in [-0.39, 0.29) is 11.1 Å². The van der Waals surface area contributed by atoms with E-state index in [2.05, 4.69) is 14.9 Å². The van der Waals surface area contributed by atoms with Gasteiger partial charge in [-0.15, -0.1) is 0 Å². The third-order valence-electron chi connectivity index (χ3n) is 3.40. The summed E-state index contributed by atoms with van der Waals surface area (Å²) in [5, 5.41) is 3.08. The number of likely N-dealkylation sites (tertiary alicyclic amines) is 1. The molecule has 2 N–H and O–H groups in total. The van der Waals surface area contributed by atoms with Crippen molar-refractivity contribution in [3.63, 3.8) is 0 Å². The van der Waals surface area contributed by atoms with Gasteiger partial charge < -0.3 is 19.4 Å². The molecule has 1 aliphatic rings. The lowest BCUT2D eigenvalue weighted by Crippen LogP contribution is -2.36. The van der Waals surface area contributed by atoms with Crippen molar-refractivity contribution in [3.8, 4) is 0 Å². The number of likely N-dealkylation sites (N-methyl/N-ethyl adjacent to an activating group) is 1. The molecule has 0 spiro atoms. The van der Waals surface area contributed by atoms with Crippen molar-refractivity contribution in [2.45, 2.75) is 24.1 Å². The molecule has 1 unspecified atom stereocenters. The number of methoxy groups -OCH3 is 1. The first-order chi connectivity index (χ1) is 10.0. The highest BCUT2D eigenvalue weighted by Crippen LogP contribution is 2.16. The lowest BCUT2D eigenvalue weighted by Gasteiger charge is -2.11. The quantitative estimate of drug-likeness (QED) is 0.657. The number of sulfonamides is 1. The molecule has 1 aromatic rings. The minimum Gasteiger partial charge on any atom is -0.447 e. The van der Waals surface area contributed by atoms with Crippen LogP contribution in [0, 0.1) is 0 Å². The van der Waals surface area contributed by atoms with Gasteiger partial charge in [-0.1, -0.05) is 0 Å². The normalized spacial score (nSPS) is 20.2. The number of hydrogen-bond donors (Lipinski definition) is 2. The molecule has 1 fully saturated rings. The molecule has 0 aliphatic carbocycles. The molecule has 120 valence electrons. The van der Waals surface area contributed by atoms with Crippen LogP contribution in [0.3, 0.4) is 0 Å². The summed E-state index contributed by atoms with van der Waals surface area (Å²) in [7, 11) is 0.0301. The van der Waals surface area contributed by atoms with Crippen LogP contribution < -0.4 is 10.0 Å². The highest BCUT2D eigenvalue weighted by Gasteiger charge is 2.27. The Morgan fingerprint density at radius 3 is 2.95 bits per heavy atom. The van der Waals surface area contributed by atoms with Crippen molar-refractivity contribution >= 4 is 10.0 Å². The summed E-state index contributed by atoms with van der Waals surface area (Å²) in [5.74, 6) is 0.593. The van der Waals surface area contributed by atoms with Gasteiger partial charge in [-0.25, -0.2) is 13.1 Å². The van der Waals surface area contributed by atoms with E-state index < -0.39 is 10.0 Å². The van der Waals surface area contributed by atoms with Crippen LogP contribution in [0.2, 0.25) is 0 Å². The SMILES string of the molecule is COCCNCc1ccc(S(=O)(=O)NC2CCN(C)C2)o1. The van der Waals surface area contributed by atoms with Gasteiger partial charge in [-0.05, 0) is 32.1 Å². The second-order valence-electron chi connectivity index (χ2n) is 5.26. The average Bonchev–Trinajstić information content (AvgIpc) is 3.04. The van der Waals surface area contributed by atoms with E-state index in [4.69, 9.17) is 9.15 Å². The number of nitrogens with zero attached hydrogens (tertiary/aromatic N) is 1. The Morgan fingerprint density at radius 2 is 2.29 bits per heavy atom. The molecule has 7 nitrogen and oxygen atoms in total. The van der Waals surface area contributed by atoms with E-state index in [9.17, 15) is 8.42 Å². The summed E-state index contributed by atoms with van der Waals surface area (Å²) in [6, 6.07) is 3.12. The lowest BCUT2D eigenvalue weighted by atomic mass is 10.3. The van der Waals surface area contributed by atoms with Crippen molar-refractivity contribution < 1.29 is 17.6 Å². The van der Waals surface area contributed by atoms with Gasteiger partial charge in [-0.3, -0.25) is 0 Å². The molecule has 1 saturated heterocycles. The minimum atomic E-state index is -3.58. The maximum atomic E-state index is 12.2. The summed E-state index contributed by atoms with van der Waals surface area (Å²) in [4.78, 5) is 2.10. The van der Waals surface area contributed by atoms with Gasteiger partial charge >= 0.3 is 0 Å². The smallest absolute Gasteiger partial charge is 0.274 e. The Bertz CT molecular complexity index is 543.